The second-order valence-corrected chi connectivity index (χ2v) is 2.90. The Balaban J connectivity index is 2.82. The zero-order chi connectivity index (χ0) is 9.68. The zero-order valence-electron chi connectivity index (χ0n) is 7.49. The van der Waals surface area contributed by atoms with Crippen molar-refractivity contribution in [3.63, 3.8) is 0 Å². The molecule has 3 heteroatoms. The standard InChI is InChI=1S/C10H12O2S/c1-2-12-10(11)9-5-3-4-8(6-9)7-13/h3-6,13H,2,7H2,1H3. The summed E-state index contributed by atoms with van der Waals surface area (Å²) in [6.07, 6.45) is 0. The number of benzene rings is 1. The highest BCUT2D eigenvalue weighted by Gasteiger charge is 2.05. The van der Waals surface area contributed by atoms with Crippen molar-refractivity contribution in [3.05, 3.63) is 35.4 Å². The molecule has 0 saturated heterocycles. The monoisotopic (exact) mass is 196 g/mol. The topological polar surface area (TPSA) is 26.3 Å². The molecule has 70 valence electrons. The van der Waals surface area contributed by atoms with E-state index in [1.165, 1.54) is 0 Å². The predicted octanol–water partition coefficient (Wildman–Crippen LogP) is 2.29. The Morgan fingerprint density at radius 1 is 1.54 bits per heavy atom. The summed E-state index contributed by atoms with van der Waals surface area (Å²) in [4.78, 5) is 11.3. The van der Waals surface area contributed by atoms with Gasteiger partial charge in [-0.3, -0.25) is 0 Å². The molecule has 2 nitrogen and oxygen atoms in total. The first-order valence-electron chi connectivity index (χ1n) is 4.15. The van der Waals surface area contributed by atoms with Gasteiger partial charge >= 0.3 is 5.97 Å². The molecule has 0 heterocycles. The Morgan fingerprint density at radius 3 is 2.92 bits per heavy atom. The summed E-state index contributed by atoms with van der Waals surface area (Å²) in [6.45, 7) is 2.20. The molecule has 0 spiro atoms. The third-order valence-electron chi connectivity index (χ3n) is 1.62. The molecule has 0 bridgehead atoms. The second-order valence-electron chi connectivity index (χ2n) is 2.58. The van der Waals surface area contributed by atoms with E-state index in [2.05, 4.69) is 12.6 Å². The Bertz CT molecular complexity index is 297. The Hall–Kier alpha value is -0.960. The van der Waals surface area contributed by atoms with E-state index >= 15 is 0 Å². The molecular formula is C10H12O2S. The fourth-order valence-electron chi connectivity index (χ4n) is 1.01. The summed E-state index contributed by atoms with van der Waals surface area (Å²) in [5.41, 5.74) is 1.61. The Morgan fingerprint density at radius 2 is 2.31 bits per heavy atom. The lowest BCUT2D eigenvalue weighted by Crippen LogP contribution is -2.04. The molecule has 0 radical (unpaired) electrons. The van der Waals surface area contributed by atoms with Crippen molar-refractivity contribution in [1.29, 1.82) is 0 Å². The first-order valence-corrected chi connectivity index (χ1v) is 4.78. The van der Waals surface area contributed by atoms with Gasteiger partial charge in [0.05, 0.1) is 12.2 Å². The molecule has 0 unspecified atom stereocenters. The minimum absolute atomic E-state index is 0.272. The van der Waals surface area contributed by atoms with Crippen LogP contribution in [0.4, 0.5) is 0 Å². The van der Waals surface area contributed by atoms with Gasteiger partial charge < -0.3 is 4.74 Å². The van der Waals surface area contributed by atoms with E-state index < -0.39 is 0 Å². The average molecular weight is 196 g/mol. The van der Waals surface area contributed by atoms with Crippen molar-refractivity contribution < 1.29 is 9.53 Å². The van der Waals surface area contributed by atoms with Gasteiger partial charge in [0.1, 0.15) is 0 Å². The second kappa shape index (κ2) is 4.92. The molecule has 0 aromatic heterocycles. The van der Waals surface area contributed by atoms with Crippen LogP contribution in [0.3, 0.4) is 0 Å². The van der Waals surface area contributed by atoms with Crippen LogP contribution in [0.5, 0.6) is 0 Å². The quantitative estimate of drug-likeness (QED) is 0.593. The molecule has 0 atom stereocenters. The van der Waals surface area contributed by atoms with Crippen LogP contribution in [0.25, 0.3) is 0 Å². The normalized spacial score (nSPS) is 9.69. The van der Waals surface area contributed by atoms with Gasteiger partial charge in [-0.2, -0.15) is 12.6 Å². The highest BCUT2D eigenvalue weighted by molar-refractivity contribution is 7.79. The highest BCUT2D eigenvalue weighted by atomic mass is 32.1. The van der Waals surface area contributed by atoms with Crippen molar-refractivity contribution in [2.45, 2.75) is 12.7 Å². The van der Waals surface area contributed by atoms with Crippen LogP contribution < -0.4 is 0 Å². The lowest BCUT2D eigenvalue weighted by molar-refractivity contribution is 0.0526. The lowest BCUT2D eigenvalue weighted by atomic mass is 10.1. The Kier molecular flexibility index (Phi) is 3.83. The van der Waals surface area contributed by atoms with Gasteiger partial charge in [0.25, 0.3) is 0 Å². The SMILES string of the molecule is CCOC(=O)c1cccc(CS)c1. The van der Waals surface area contributed by atoms with Crippen LogP contribution in [0.1, 0.15) is 22.8 Å². The van der Waals surface area contributed by atoms with Gasteiger partial charge in [0.15, 0.2) is 0 Å². The van der Waals surface area contributed by atoms with Gasteiger partial charge in [0, 0.05) is 5.75 Å². The average Bonchev–Trinajstić information content (AvgIpc) is 2.18. The maximum atomic E-state index is 11.3. The van der Waals surface area contributed by atoms with Crippen molar-refractivity contribution in [3.8, 4) is 0 Å². The molecule has 0 amide bonds. The number of esters is 1. The molecular weight excluding hydrogens is 184 g/mol. The fourth-order valence-corrected chi connectivity index (χ4v) is 1.21. The fraction of sp³-hybridized carbons (Fsp3) is 0.300. The maximum absolute atomic E-state index is 11.3. The lowest BCUT2D eigenvalue weighted by Gasteiger charge is -2.02. The first-order chi connectivity index (χ1) is 6.27. The van der Waals surface area contributed by atoms with Gasteiger partial charge in [-0.15, -0.1) is 0 Å². The molecule has 0 aliphatic carbocycles. The number of carbonyl (C=O) groups excluding carboxylic acids is 1. The van der Waals surface area contributed by atoms with Crippen LogP contribution in [-0.4, -0.2) is 12.6 Å². The smallest absolute Gasteiger partial charge is 0.338 e. The molecule has 1 rings (SSSR count). The first kappa shape index (κ1) is 10.1. The molecule has 0 N–H and O–H groups in total. The molecule has 0 saturated carbocycles. The molecule has 13 heavy (non-hydrogen) atoms. The summed E-state index contributed by atoms with van der Waals surface area (Å²) in [5, 5.41) is 0. The molecule has 1 aromatic carbocycles. The minimum Gasteiger partial charge on any atom is -0.462 e. The van der Waals surface area contributed by atoms with Gasteiger partial charge in [-0.1, -0.05) is 12.1 Å². The number of hydrogen-bond acceptors (Lipinski definition) is 3. The van der Waals surface area contributed by atoms with E-state index in [0.29, 0.717) is 17.9 Å². The van der Waals surface area contributed by atoms with Crippen molar-refractivity contribution in [1.82, 2.24) is 0 Å². The molecule has 0 aliphatic heterocycles. The van der Waals surface area contributed by atoms with Crippen molar-refractivity contribution >= 4 is 18.6 Å². The van der Waals surface area contributed by atoms with E-state index in [1.54, 1.807) is 19.1 Å². The number of thiol groups is 1. The van der Waals surface area contributed by atoms with E-state index in [-0.39, 0.29) is 5.97 Å². The molecule has 0 aliphatic rings. The largest absolute Gasteiger partial charge is 0.462 e. The highest BCUT2D eigenvalue weighted by Crippen LogP contribution is 2.08. The summed E-state index contributed by atoms with van der Waals surface area (Å²) >= 11 is 4.13. The third-order valence-corrected chi connectivity index (χ3v) is 1.99. The van der Waals surface area contributed by atoms with Gasteiger partial charge in [-0.05, 0) is 24.6 Å². The van der Waals surface area contributed by atoms with Gasteiger partial charge in [-0.25, -0.2) is 4.79 Å². The van der Waals surface area contributed by atoms with Crippen LogP contribution in [0, 0.1) is 0 Å². The summed E-state index contributed by atoms with van der Waals surface area (Å²) in [6, 6.07) is 7.30. The number of carbonyl (C=O) groups is 1. The van der Waals surface area contributed by atoms with Crippen molar-refractivity contribution in [2.75, 3.05) is 6.61 Å². The maximum Gasteiger partial charge on any atom is 0.338 e. The van der Waals surface area contributed by atoms with Crippen LogP contribution in [0.2, 0.25) is 0 Å². The van der Waals surface area contributed by atoms with Crippen LogP contribution in [0.15, 0.2) is 24.3 Å². The van der Waals surface area contributed by atoms with E-state index in [1.807, 2.05) is 12.1 Å². The third kappa shape index (κ3) is 2.77. The summed E-state index contributed by atoms with van der Waals surface area (Å²) in [5.74, 6) is 0.360. The number of rotatable bonds is 3. The molecule has 1 aromatic rings. The number of ether oxygens (including phenoxy) is 1. The predicted molar refractivity (Wildman–Crippen MR) is 55.1 cm³/mol. The number of hydrogen-bond donors (Lipinski definition) is 1. The Labute approximate surface area is 83.3 Å². The summed E-state index contributed by atoms with van der Waals surface area (Å²) in [7, 11) is 0. The van der Waals surface area contributed by atoms with Crippen LogP contribution >= 0.6 is 12.6 Å². The van der Waals surface area contributed by atoms with Gasteiger partial charge in [0.2, 0.25) is 0 Å². The minimum atomic E-state index is -0.272. The van der Waals surface area contributed by atoms with Crippen LogP contribution in [-0.2, 0) is 10.5 Å². The van der Waals surface area contributed by atoms with E-state index in [0.717, 1.165) is 5.56 Å². The zero-order valence-corrected chi connectivity index (χ0v) is 8.38. The van der Waals surface area contributed by atoms with E-state index in [4.69, 9.17) is 4.74 Å². The molecule has 0 fully saturated rings. The van der Waals surface area contributed by atoms with E-state index in [9.17, 15) is 4.79 Å². The van der Waals surface area contributed by atoms with Crippen molar-refractivity contribution in [2.24, 2.45) is 0 Å². The summed E-state index contributed by atoms with van der Waals surface area (Å²) < 4.78 is 4.86.